The molecule has 1 aliphatic heterocycles. The first-order valence-electron chi connectivity index (χ1n) is 14.6. The number of amides is 3. The van der Waals surface area contributed by atoms with Crippen LogP contribution in [0.1, 0.15) is 68.7 Å². The Kier molecular flexibility index (Phi) is 9.11. The average Bonchev–Trinajstić information content (AvgIpc) is 3.33. The second kappa shape index (κ2) is 12.7. The molecular formula is C33H31ClF3N5O4. The van der Waals surface area contributed by atoms with Crippen LogP contribution in [-0.2, 0) is 20.0 Å². The Labute approximate surface area is 268 Å². The minimum atomic E-state index is -2.94. The van der Waals surface area contributed by atoms with E-state index in [-0.39, 0.29) is 58.4 Å². The van der Waals surface area contributed by atoms with Gasteiger partial charge in [0.2, 0.25) is 17.7 Å². The fourth-order valence-electron chi connectivity index (χ4n) is 5.81. The van der Waals surface area contributed by atoms with Gasteiger partial charge in [-0.2, -0.15) is 5.26 Å². The highest BCUT2D eigenvalue weighted by molar-refractivity contribution is 6.31. The Morgan fingerprint density at radius 2 is 1.93 bits per heavy atom. The summed E-state index contributed by atoms with van der Waals surface area (Å²) in [5.41, 5.74) is -1.13. The zero-order valence-corrected chi connectivity index (χ0v) is 25.8. The van der Waals surface area contributed by atoms with E-state index in [1.807, 2.05) is 6.07 Å². The van der Waals surface area contributed by atoms with E-state index in [9.17, 15) is 33.5 Å². The van der Waals surface area contributed by atoms with Gasteiger partial charge in [0.05, 0.1) is 17.2 Å². The molecule has 46 heavy (non-hydrogen) atoms. The number of hydrogen-bond donors (Lipinski definition) is 2. The molecule has 1 saturated heterocycles. The summed E-state index contributed by atoms with van der Waals surface area (Å²) < 4.78 is 42.6. The minimum Gasteiger partial charge on any atom is -0.386 e. The van der Waals surface area contributed by atoms with Crippen molar-refractivity contribution in [2.75, 3.05) is 9.80 Å². The van der Waals surface area contributed by atoms with Gasteiger partial charge in [-0.15, -0.1) is 0 Å². The molecule has 3 amide bonds. The van der Waals surface area contributed by atoms with E-state index in [4.69, 9.17) is 11.6 Å². The number of carbonyl (C=O) groups excluding carboxylic acids is 3. The van der Waals surface area contributed by atoms with Gasteiger partial charge in [0, 0.05) is 60.2 Å². The molecule has 2 aromatic carbocycles. The van der Waals surface area contributed by atoms with E-state index in [0.29, 0.717) is 0 Å². The van der Waals surface area contributed by atoms with Gasteiger partial charge in [-0.25, -0.2) is 18.2 Å². The molecule has 2 fully saturated rings. The van der Waals surface area contributed by atoms with Gasteiger partial charge in [-0.3, -0.25) is 24.2 Å². The predicted octanol–water partition coefficient (Wildman–Crippen LogP) is 5.55. The van der Waals surface area contributed by atoms with Crippen LogP contribution in [0.4, 0.5) is 24.7 Å². The van der Waals surface area contributed by atoms with Gasteiger partial charge in [0.15, 0.2) is 0 Å². The molecule has 5 rings (SSSR count). The van der Waals surface area contributed by atoms with Crippen molar-refractivity contribution < 1.29 is 32.7 Å². The van der Waals surface area contributed by atoms with Crippen LogP contribution in [0.5, 0.6) is 0 Å². The van der Waals surface area contributed by atoms with Crippen molar-refractivity contribution in [2.45, 2.75) is 75.6 Å². The molecule has 2 N–H and O–H groups in total. The Balaban J connectivity index is 1.60. The van der Waals surface area contributed by atoms with Gasteiger partial charge in [0.1, 0.15) is 17.7 Å². The number of anilines is 2. The Bertz CT molecular complexity index is 1720. The highest BCUT2D eigenvalue weighted by atomic mass is 35.5. The lowest BCUT2D eigenvalue weighted by molar-refractivity contribution is -0.133. The molecule has 13 heteroatoms. The van der Waals surface area contributed by atoms with Crippen molar-refractivity contribution in [2.24, 2.45) is 0 Å². The molecule has 2 aliphatic rings. The quantitative estimate of drug-likeness (QED) is 0.312. The minimum absolute atomic E-state index is 0.0868. The lowest BCUT2D eigenvalue weighted by atomic mass is 9.87. The lowest BCUT2D eigenvalue weighted by Gasteiger charge is -2.38. The number of hydrogen-bond acceptors (Lipinski definition) is 6. The molecule has 240 valence electrons. The number of nitrogens with one attached hydrogen (secondary N) is 1. The second-order valence-corrected chi connectivity index (χ2v) is 12.5. The molecule has 0 unspecified atom stereocenters. The number of carbonyl (C=O) groups is 3. The van der Waals surface area contributed by atoms with Gasteiger partial charge in [-0.1, -0.05) is 29.8 Å². The van der Waals surface area contributed by atoms with Crippen LogP contribution < -0.4 is 15.1 Å². The number of halogens is 4. The van der Waals surface area contributed by atoms with Gasteiger partial charge >= 0.3 is 0 Å². The third-order valence-electron chi connectivity index (χ3n) is 8.14. The Morgan fingerprint density at radius 1 is 1.22 bits per heavy atom. The molecule has 0 radical (unpaired) electrons. The molecule has 2 atom stereocenters. The summed E-state index contributed by atoms with van der Waals surface area (Å²) in [7, 11) is 0. The number of alkyl halides is 2. The highest BCUT2D eigenvalue weighted by Crippen LogP contribution is 2.40. The molecule has 9 nitrogen and oxygen atoms in total. The summed E-state index contributed by atoms with van der Waals surface area (Å²) in [6.45, 7) is 2.86. The van der Waals surface area contributed by atoms with Gasteiger partial charge in [0.25, 0.3) is 5.92 Å². The second-order valence-electron chi connectivity index (χ2n) is 12.1. The van der Waals surface area contributed by atoms with E-state index in [0.717, 1.165) is 17.0 Å². The normalized spacial score (nSPS) is 18.4. The number of pyridine rings is 1. The summed E-state index contributed by atoms with van der Waals surface area (Å²) in [6, 6.07) is 11.4. The number of benzene rings is 2. The predicted molar refractivity (Wildman–Crippen MR) is 164 cm³/mol. The number of rotatable bonds is 9. The van der Waals surface area contributed by atoms with E-state index in [2.05, 4.69) is 10.3 Å². The Morgan fingerprint density at radius 3 is 2.59 bits per heavy atom. The maximum atomic E-state index is 15.2. The van der Waals surface area contributed by atoms with Crippen LogP contribution in [0.15, 0.2) is 60.8 Å². The Hall–Kier alpha value is -4.47. The van der Waals surface area contributed by atoms with Crippen LogP contribution in [0.25, 0.3) is 0 Å². The molecule has 1 aromatic heterocycles. The van der Waals surface area contributed by atoms with Crippen LogP contribution in [-0.4, -0.2) is 45.8 Å². The van der Waals surface area contributed by atoms with Crippen LogP contribution in [0.2, 0.25) is 5.02 Å². The molecule has 0 spiro atoms. The first kappa shape index (κ1) is 32.9. The maximum Gasteiger partial charge on any atom is 0.252 e. The molecule has 0 bridgehead atoms. The summed E-state index contributed by atoms with van der Waals surface area (Å²) in [6.07, 6.45) is 0.182. The third-order valence-corrected chi connectivity index (χ3v) is 8.48. The van der Waals surface area contributed by atoms with Gasteiger partial charge < -0.3 is 10.4 Å². The topological polar surface area (TPSA) is 127 Å². The summed E-state index contributed by atoms with van der Waals surface area (Å²) in [5, 5.41) is 22.8. The summed E-state index contributed by atoms with van der Waals surface area (Å²) in [4.78, 5) is 48.0. The zero-order chi connectivity index (χ0) is 33.4. The largest absolute Gasteiger partial charge is 0.386 e. The third kappa shape index (κ3) is 7.00. The smallest absolute Gasteiger partial charge is 0.252 e. The van der Waals surface area contributed by atoms with Crippen LogP contribution in [0.3, 0.4) is 0 Å². The first-order valence-corrected chi connectivity index (χ1v) is 15.0. The lowest BCUT2D eigenvalue weighted by Crippen LogP contribution is -2.54. The first-order chi connectivity index (χ1) is 21.7. The molecule has 1 aliphatic carbocycles. The number of nitrogens with zero attached hydrogens (tertiary/aromatic N) is 4. The SMILES string of the molecule is CC(C)(O)c1cc(F)cc(N(C(=O)C[C@@H]2CCC(=O)N2c2cc(C#N)ccn2)[C@H](C(=O)NC2CC(F)(F)C2)c2ccccc2Cl)c1. The van der Waals surface area contributed by atoms with Crippen molar-refractivity contribution in [3.63, 3.8) is 0 Å². The van der Waals surface area contributed by atoms with Crippen molar-refractivity contribution in [1.82, 2.24) is 10.3 Å². The van der Waals surface area contributed by atoms with Crippen molar-refractivity contribution in [3.05, 3.63) is 88.3 Å². The number of aliphatic hydroxyl groups is 1. The van der Waals surface area contributed by atoms with E-state index >= 15 is 4.39 Å². The van der Waals surface area contributed by atoms with Crippen LogP contribution >= 0.6 is 11.6 Å². The molecular weight excluding hydrogens is 623 g/mol. The molecule has 3 aromatic rings. The molecule has 1 saturated carbocycles. The summed E-state index contributed by atoms with van der Waals surface area (Å²) in [5.74, 6) is -5.43. The van der Waals surface area contributed by atoms with E-state index < -0.39 is 60.1 Å². The average molecular weight is 654 g/mol. The van der Waals surface area contributed by atoms with Gasteiger partial charge in [-0.05, 0) is 62.2 Å². The number of nitriles is 1. The van der Waals surface area contributed by atoms with Crippen LogP contribution in [0, 0.1) is 17.1 Å². The maximum absolute atomic E-state index is 15.2. The zero-order valence-electron chi connectivity index (χ0n) is 25.0. The number of aromatic nitrogens is 1. The molecule has 2 heterocycles. The fraction of sp³-hybridized carbons (Fsp3) is 0.364. The van der Waals surface area contributed by atoms with E-state index in [1.54, 1.807) is 12.1 Å². The summed E-state index contributed by atoms with van der Waals surface area (Å²) >= 11 is 6.55. The standard InChI is InChI=1S/C33H31ClF3N5O4/c1-32(2,46)20-12-21(35)14-24(13-20)42(29(44)15-23-7-8-28(43)41(23)27-11-19(18-38)9-10-39-27)30(25-5-3-4-6-26(25)34)31(45)40-22-16-33(36,37)17-22/h3-6,9-14,22-23,30,46H,7-8,15-17H2,1-2H3,(H,40,45)/t23-,30-/m0/s1. The monoisotopic (exact) mass is 653 g/mol. The van der Waals surface area contributed by atoms with Crippen molar-refractivity contribution in [1.29, 1.82) is 5.26 Å². The van der Waals surface area contributed by atoms with Crippen molar-refractivity contribution >= 4 is 40.8 Å². The van der Waals surface area contributed by atoms with E-state index in [1.165, 1.54) is 55.3 Å². The van der Waals surface area contributed by atoms with Crippen molar-refractivity contribution in [3.8, 4) is 6.07 Å². The fourth-order valence-corrected chi connectivity index (χ4v) is 6.05. The highest BCUT2D eigenvalue weighted by Gasteiger charge is 2.47.